The van der Waals surface area contributed by atoms with Crippen LogP contribution in [0.3, 0.4) is 0 Å². The summed E-state index contributed by atoms with van der Waals surface area (Å²) in [7, 11) is 0. The highest BCUT2D eigenvalue weighted by Crippen LogP contribution is 2.14. The number of nitrogens with zero attached hydrogens (tertiary/aromatic N) is 4. The molecule has 0 bridgehead atoms. The molecular weight excluding hydrogens is 523 g/mol. The fraction of sp³-hybridized carbons (Fsp3) is 0.385. The second-order valence-corrected chi connectivity index (χ2v) is 8.31. The lowest BCUT2D eigenvalue weighted by molar-refractivity contribution is 0.198. The Kier molecular flexibility index (Phi) is 10.2. The van der Waals surface area contributed by atoms with Crippen molar-refractivity contribution in [1.29, 1.82) is 0 Å². The monoisotopic (exact) mass is 558 g/mol. The number of nitrogens with one attached hydrogen (secondary N) is 2. The standard InChI is InChI=1S/C26H34N6.HI/c1-2-27-26(28-17-13-22-9-11-25(12-10-22)32-18-6-16-29-32)30-24-14-19-31(20-15-24)21-23-7-4-3-5-8-23;/h3-12,16,18,24H,2,13-15,17,19-21H2,1H3,(H2,27,28,30);1H. The second kappa shape index (κ2) is 13.3. The number of aromatic nitrogens is 2. The second-order valence-electron chi connectivity index (χ2n) is 8.31. The largest absolute Gasteiger partial charge is 0.357 e. The first-order valence-corrected chi connectivity index (χ1v) is 11.7. The van der Waals surface area contributed by atoms with Gasteiger partial charge in [-0.2, -0.15) is 5.10 Å². The summed E-state index contributed by atoms with van der Waals surface area (Å²) in [6, 6.07) is 21.7. The number of likely N-dealkylation sites (tertiary alicyclic amines) is 1. The van der Waals surface area contributed by atoms with Gasteiger partial charge in [-0.05, 0) is 55.5 Å². The van der Waals surface area contributed by atoms with Crippen LogP contribution in [-0.2, 0) is 13.0 Å². The van der Waals surface area contributed by atoms with Crippen molar-refractivity contribution in [2.24, 2.45) is 4.99 Å². The predicted octanol–water partition coefficient (Wildman–Crippen LogP) is 4.25. The summed E-state index contributed by atoms with van der Waals surface area (Å²) < 4.78 is 1.88. The molecule has 0 amide bonds. The van der Waals surface area contributed by atoms with Crippen molar-refractivity contribution in [3.8, 4) is 5.69 Å². The molecule has 176 valence electrons. The van der Waals surface area contributed by atoms with Gasteiger partial charge in [0.15, 0.2) is 5.96 Å². The predicted molar refractivity (Wildman–Crippen MR) is 147 cm³/mol. The van der Waals surface area contributed by atoms with Crippen molar-refractivity contribution in [1.82, 2.24) is 25.3 Å². The summed E-state index contributed by atoms with van der Waals surface area (Å²) >= 11 is 0. The van der Waals surface area contributed by atoms with Gasteiger partial charge >= 0.3 is 0 Å². The van der Waals surface area contributed by atoms with Gasteiger partial charge < -0.3 is 10.6 Å². The van der Waals surface area contributed by atoms with E-state index in [0.717, 1.165) is 63.6 Å². The van der Waals surface area contributed by atoms with E-state index in [0.29, 0.717) is 6.04 Å². The average molecular weight is 559 g/mol. The van der Waals surface area contributed by atoms with E-state index in [9.17, 15) is 0 Å². The zero-order chi connectivity index (χ0) is 22.0. The summed E-state index contributed by atoms with van der Waals surface area (Å²) in [5.74, 6) is 0.933. The Balaban J connectivity index is 0.00000306. The van der Waals surface area contributed by atoms with Gasteiger partial charge in [-0.3, -0.25) is 9.89 Å². The Morgan fingerprint density at radius 2 is 1.76 bits per heavy atom. The SMILES string of the molecule is CCNC(=NCCc1ccc(-n2cccn2)cc1)NC1CCN(Cc2ccccc2)CC1.I. The highest BCUT2D eigenvalue weighted by molar-refractivity contribution is 14.0. The van der Waals surface area contributed by atoms with Gasteiger partial charge in [0.2, 0.25) is 0 Å². The van der Waals surface area contributed by atoms with Gasteiger partial charge in [-0.25, -0.2) is 4.68 Å². The van der Waals surface area contributed by atoms with Crippen molar-refractivity contribution < 1.29 is 0 Å². The summed E-state index contributed by atoms with van der Waals surface area (Å²) in [6.07, 6.45) is 6.97. The van der Waals surface area contributed by atoms with Gasteiger partial charge in [-0.15, -0.1) is 24.0 Å². The molecule has 1 aromatic heterocycles. The van der Waals surface area contributed by atoms with Crippen molar-refractivity contribution >= 4 is 29.9 Å². The van der Waals surface area contributed by atoms with Crippen LogP contribution in [0.25, 0.3) is 5.69 Å². The minimum absolute atomic E-state index is 0. The zero-order valence-electron chi connectivity index (χ0n) is 19.4. The fourth-order valence-electron chi connectivity index (χ4n) is 4.12. The third-order valence-corrected chi connectivity index (χ3v) is 5.90. The number of hydrogen-bond donors (Lipinski definition) is 2. The van der Waals surface area contributed by atoms with Crippen LogP contribution in [0, 0.1) is 0 Å². The maximum absolute atomic E-state index is 4.83. The van der Waals surface area contributed by atoms with E-state index in [1.54, 1.807) is 6.20 Å². The van der Waals surface area contributed by atoms with E-state index in [2.05, 4.69) is 82.2 Å². The quantitative estimate of drug-likeness (QED) is 0.247. The van der Waals surface area contributed by atoms with Crippen LogP contribution in [0.2, 0.25) is 0 Å². The van der Waals surface area contributed by atoms with E-state index in [1.165, 1.54) is 11.1 Å². The smallest absolute Gasteiger partial charge is 0.191 e. The summed E-state index contributed by atoms with van der Waals surface area (Å²) in [5.41, 5.74) is 3.76. The van der Waals surface area contributed by atoms with Crippen LogP contribution in [-0.4, -0.2) is 52.9 Å². The number of halogens is 1. The van der Waals surface area contributed by atoms with E-state index in [4.69, 9.17) is 4.99 Å². The Hall–Kier alpha value is -2.39. The Morgan fingerprint density at radius 1 is 1.00 bits per heavy atom. The van der Waals surface area contributed by atoms with Gasteiger partial charge in [0, 0.05) is 51.2 Å². The zero-order valence-corrected chi connectivity index (χ0v) is 21.7. The Bertz CT molecular complexity index is 948. The Morgan fingerprint density at radius 3 is 2.42 bits per heavy atom. The molecule has 7 heteroatoms. The van der Waals surface area contributed by atoms with Crippen LogP contribution in [0.1, 0.15) is 30.9 Å². The number of benzene rings is 2. The molecular formula is C26H35IN6. The van der Waals surface area contributed by atoms with Crippen molar-refractivity contribution in [2.75, 3.05) is 26.2 Å². The lowest BCUT2D eigenvalue weighted by Crippen LogP contribution is -2.48. The first-order chi connectivity index (χ1) is 15.8. The minimum Gasteiger partial charge on any atom is -0.357 e. The van der Waals surface area contributed by atoms with Crippen LogP contribution in [0.5, 0.6) is 0 Å². The molecule has 2 aromatic carbocycles. The molecule has 2 N–H and O–H groups in total. The van der Waals surface area contributed by atoms with Crippen molar-refractivity contribution in [3.63, 3.8) is 0 Å². The van der Waals surface area contributed by atoms with Gasteiger partial charge in [0.05, 0.1) is 5.69 Å². The molecule has 1 fully saturated rings. The molecule has 0 atom stereocenters. The summed E-state index contributed by atoms with van der Waals surface area (Å²) in [6.45, 7) is 7.04. The molecule has 0 unspecified atom stereocenters. The van der Waals surface area contributed by atoms with Crippen LogP contribution < -0.4 is 10.6 Å². The first kappa shape index (κ1) is 25.2. The van der Waals surface area contributed by atoms with E-state index >= 15 is 0 Å². The minimum atomic E-state index is 0. The lowest BCUT2D eigenvalue weighted by Gasteiger charge is -2.33. The molecule has 4 rings (SSSR count). The molecule has 0 aliphatic carbocycles. The van der Waals surface area contributed by atoms with Gasteiger partial charge in [0.1, 0.15) is 0 Å². The summed E-state index contributed by atoms with van der Waals surface area (Å²) in [4.78, 5) is 7.37. The van der Waals surface area contributed by atoms with Crippen LogP contribution >= 0.6 is 24.0 Å². The number of piperidine rings is 1. The molecule has 0 radical (unpaired) electrons. The number of hydrogen-bond acceptors (Lipinski definition) is 3. The van der Waals surface area contributed by atoms with E-state index in [1.807, 2.05) is 16.9 Å². The lowest BCUT2D eigenvalue weighted by atomic mass is 10.0. The van der Waals surface area contributed by atoms with E-state index in [-0.39, 0.29) is 24.0 Å². The van der Waals surface area contributed by atoms with Crippen molar-refractivity contribution in [2.45, 2.75) is 38.8 Å². The number of guanidine groups is 1. The highest BCUT2D eigenvalue weighted by atomic mass is 127. The maximum Gasteiger partial charge on any atom is 0.191 e. The molecule has 6 nitrogen and oxygen atoms in total. The maximum atomic E-state index is 4.83. The number of aliphatic imine (C=N–C) groups is 1. The summed E-state index contributed by atoms with van der Waals surface area (Å²) in [5, 5.41) is 11.3. The molecule has 1 aliphatic heterocycles. The third kappa shape index (κ3) is 7.85. The van der Waals surface area contributed by atoms with Crippen LogP contribution in [0.4, 0.5) is 0 Å². The first-order valence-electron chi connectivity index (χ1n) is 11.7. The number of rotatable bonds is 8. The normalized spacial score (nSPS) is 15.1. The topological polar surface area (TPSA) is 57.5 Å². The molecule has 1 saturated heterocycles. The molecule has 33 heavy (non-hydrogen) atoms. The Labute approximate surface area is 214 Å². The molecule has 3 aromatic rings. The molecule has 2 heterocycles. The van der Waals surface area contributed by atoms with Crippen molar-refractivity contribution in [3.05, 3.63) is 84.2 Å². The molecule has 0 saturated carbocycles. The highest BCUT2D eigenvalue weighted by Gasteiger charge is 2.20. The van der Waals surface area contributed by atoms with Gasteiger partial charge in [0.25, 0.3) is 0 Å². The van der Waals surface area contributed by atoms with E-state index < -0.39 is 0 Å². The molecule has 0 spiro atoms. The third-order valence-electron chi connectivity index (χ3n) is 5.90. The average Bonchev–Trinajstić information content (AvgIpc) is 3.37. The molecule has 1 aliphatic rings. The van der Waals surface area contributed by atoms with Crippen LogP contribution in [0.15, 0.2) is 78.0 Å². The fourth-order valence-corrected chi connectivity index (χ4v) is 4.12. The van der Waals surface area contributed by atoms with Gasteiger partial charge in [-0.1, -0.05) is 42.5 Å².